The summed E-state index contributed by atoms with van der Waals surface area (Å²) >= 11 is 1.61. The van der Waals surface area contributed by atoms with Crippen LogP contribution < -0.4 is 16.4 Å². The molecule has 0 saturated carbocycles. The topological polar surface area (TPSA) is 125 Å². The highest BCUT2D eigenvalue weighted by Crippen LogP contribution is 2.34. The maximum absolute atomic E-state index is 13.4. The molecule has 38 heavy (non-hydrogen) atoms. The van der Waals surface area contributed by atoms with Crippen LogP contribution in [0.4, 0.5) is 21.9 Å². The number of nitrogen functional groups attached to an aromatic ring is 1. The fourth-order valence-corrected chi connectivity index (χ4v) is 7.02. The molecule has 0 atom stereocenters. The van der Waals surface area contributed by atoms with E-state index in [9.17, 15) is 18.0 Å². The third-order valence-corrected chi connectivity index (χ3v) is 9.36. The highest BCUT2D eigenvalue weighted by molar-refractivity contribution is 7.99. The lowest BCUT2D eigenvalue weighted by Crippen LogP contribution is -2.43. The van der Waals surface area contributed by atoms with Crippen LogP contribution in [0.2, 0.25) is 0 Å². The van der Waals surface area contributed by atoms with Crippen molar-refractivity contribution in [1.29, 1.82) is 0 Å². The Bertz CT molecular complexity index is 1450. The number of amides is 3. The molecule has 3 aromatic carbocycles. The van der Waals surface area contributed by atoms with Crippen LogP contribution >= 0.6 is 11.8 Å². The highest BCUT2D eigenvalue weighted by Gasteiger charge is 2.37. The number of likely N-dealkylation sites (tertiary alicyclic amines) is 1. The van der Waals surface area contributed by atoms with E-state index in [1.807, 2.05) is 6.07 Å². The molecular weight excluding hydrogens is 522 g/mol. The van der Waals surface area contributed by atoms with E-state index >= 15 is 0 Å². The zero-order chi connectivity index (χ0) is 26.7. The van der Waals surface area contributed by atoms with Gasteiger partial charge in [0.05, 0.1) is 23.6 Å². The normalized spacial score (nSPS) is 16.6. The van der Waals surface area contributed by atoms with Gasteiger partial charge in [0.15, 0.2) is 0 Å². The van der Waals surface area contributed by atoms with Crippen LogP contribution in [0.25, 0.3) is 0 Å². The van der Waals surface area contributed by atoms with Crippen molar-refractivity contribution in [3.63, 3.8) is 0 Å². The van der Waals surface area contributed by atoms with Gasteiger partial charge in [-0.1, -0.05) is 24.3 Å². The van der Waals surface area contributed by atoms with Gasteiger partial charge < -0.3 is 21.3 Å². The van der Waals surface area contributed by atoms with E-state index in [2.05, 4.69) is 15.5 Å². The Balaban J connectivity index is 1.27. The van der Waals surface area contributed by atoms with Gasteiger partial charge in [-0.25, -0.2) is 17.5 Å². The zero-order valence-electron chi connectivity index (χ0n) is 20.7. The van der Waals surface area contributed by atoms with Crippen LogP contribution in [0.15, 0.2) is 76.5 Å². The largest absolute Gasteiger partial charge is 0.397 e. The van der Waals surface area contributed by atoms with Crippen molar-refractivity contribution < 1.29 is 18.0 Å². The van der Waals surface area contributed by atoms with Crippen LogP contribution in [-0.2, 0) is 16.6 Å². The number of thioether (sulfide) groups is 1. The van der Waals surface area contributed by atoms with E-state index in [0.717, 1.165) is 34.6 Å². The van der Waals surface area contributed by atoms with Gasteiger partial charge in [-0.15, -0.1) is 11.8 Å². The fraction of sp³-hybridized carbons (Fsp3) is 0.259. The van der Waals surface area contributed by atoms with E-state index in [0.29, 0.717) is 22.5 Å². The summed E-state index contributed by atoms with van der Waals surface area (Å²) < 4.78 is 27.7. The van der Waals surface area contributed by atoms with E-state index in [1.54, 1.807) is 72.4 Å². The quantitative estimate of drug-likeness (QED) is 0.279. The van der Waals surface area contributed by atoms with Gasteiger partial charge in [0, 0.05) is 22.8 Å². The summed E-state index contributed by atoms with van der Waals surface area (Å²) in [6.45, 7) is 3.04. The first-order chi connectivity index (χ1) is 18.3. The molecule has 0 radical (unpaired) electrons. The molecular formula is C27H29N5O4S2. The minimum absolute atomic E-state index is 0.0831. The predicted octanol–water partition coefficient (Wildman–Crippen LogP) is 4.45. The first-order valence-corrected chi connectivity index (χ1v) is 14.8. The van der Waals surface area contributed by atoms with E-state index in [-0.39, 0.29) is 23.0 Å². The Morgan fingerprint density at radius 1 is 1.03 bits per heavy atom. The van der Waals surface area contributed by atoms with Crippen molar-refractivity contribution in [1.82, 2.24) is 9.21 Å². The van der Waals surface area contributed by atoms with E-state index < -0.39 is 16.1 Å². The van der Waals surface area contributed by atoms with Crippen molar-refractivity contribution in [2.24, 2.45) is 0 Å². The minimum Gasteiger partial charge on any atom is -0.397 e. The summed E-state index contributed by atoms with van der Waals surface area (Å²) in [7, 11) is -4.06. The van der Waals surface area contributed by atoms with Gasteiger partial charge in [-0.3, -0.25) is 4.79 Å². The zero-order valence-corrected chi connectivity index (χ0v) is 22.4. The number of nitrogens with two attached hydrogens (primary N) is 1. The van der Waals surface area contributed by atoms with Gasteiger partial charge in [-0.2, -0.15) is 0 Å². The number of para-hydroxylation sites is 2. The second kappa shape index (κ2) is 11.1. The van der Waals surface area contributed by atoms with E-state index in [4.69, 9.17) is 5.73 Å². The van der Waals surface area contributed by atoms with Crippen LogP contribution in [0.1, 0.15) is 28.8 Å². The highest BCUT2D eigenvalue weighted by atomic mass is 32.2. The maximum atomic E-state index is 13.4. The van der Waals surface area contributed by atoms with Gasteiger partial charge in [0.25, 0.3) is 15.9 Å². The molecule has 2 heterocycles. The molecule has 4 N–H and O–H groups in total. The van der Waals surface area contributed by atoms with Crippen molar-refractivity contribution in [3.05, 3.63) is 77.9 Å². The lowest BCUT2D eigenvalue weighted by atomic mass is 10.1. The first-order valence-electron chi connectivity index (χ1n) is 12.4. The van der Waals surface area contributed by atoms with Crippen LogP contribution in [0.3, 0.4) is 0 Å². The molecule has 2 aliphatic rings. The summed E-state index contributed by atoms with van der Waals surface area (Å²) in [4.78, 5) is 28.7. The molecule has 2 aliphatic heterocycles. The second-order valence-corrected chi connectivity index (χ2v) is 12.2. The monoisotopic (exact) mass is 551 g/mol. The molecule has 3 amide bonds. The van der Waals surface area contributed by atoms with Crippen LogP contribution in [-0.4, -0.2) is 54.9 Å². The first kappa shape index (κ1) is 26.1. The number of nitrogens with one attached hydrogen (secondary N) is 2. The number of rotatable bonds is 8. The SMILES string of the molecule is Nc1ccccc1NC(=O)c1ccc(CN2C(=O)Nc3ccc(SCCN4CCCC4)cc3S2(=O)=O)cc1. The lowest BCUT2D eigenvalue weighted by molar-refractivity contribution is 0.102. The van der Waals surface area contributed by atoms with Crippen LogP contribution in [0, 0.1) is 0 Å². The van der Waals surface area contributed by atoms with Crippen molar-refractivity contribution in [2.45, 2.75) is 29.2 Å². The molecule has 1 saturated heterocycles. The number of benzene rings is 3. The van der Waals surface area contributed by atoms with Crippen molar-refractivity contribution in [3.8, 4) is 0 Å². The third-order valence-electron chi connectivity index (χ3n) is 6.62. The summed E-state index contributed by atoms with van der Waals surface area (Å²) in [5.74, 6) is 0.521. The summed E-state index contributed by atoms with van der Waals surface area (Å²) in [5, 5.41) is 5.45. The summed E-state index contributed by atoms with van der Waals surface area (Å²) in [6.07, 6.45) is 2.46. The summed E-state index contributed by atoms with van der Waals surface area (Å²) in [6, 6.07) is 17.8. The number of nitrogens with zero attached hydrogens (tertiary/aromatic N) is 2. The Morgan fingerprint density at radius 2 is 1.76 bits per heavy atom. The molecule has 9 nitrogen and oxygen atoms in total. The Labute approximate surface area is 226 Å². The lowest BCUT2D eigenvalue weighted by Gasteiger charge is -2.29. The second-order valence-electron chi connectivity index (χ2n) is 9.24. The minimum atomic E-state index is -4.06. The Morgan fingerprint density at radius 3 is 2.50 bits per heavy atom. The molecule has 0 spiro atoms. The molecule has 11 heteroatoms. The molecule has 1 fully saturated rings. The molecule has 0 aliphatic carbocycles. The average molecular weight is 552 g/mol. The van der Waals surface area contributed by atoms with Gasteiger partial charge in [-0.05, 0) is 74.0 Å². The number of hydrogen-bond acceptors (Lipinski definition) is 7. The molecule has 0 bridgehead atoms. The van der Waals surface area contributed by atoms with E-state index in [1.165, 1.54) is 12.8 Å². The number of sulfonamides is 1. The van der Waals surface area contributed by atoms with Gasteiger partial charge in [0.2, 0.25) is 0 Å². The van der Waals surface area contributed by atoms with Gasteiger partial charge in [0.1, 0.15) is 4.90 Å². The standard InChI is InChI=1S/C27H29N5O4S2/c28-22-5-1-2-6-23(22)29-26(33)20-9-7-19(8-10-20)18-32-27(34)30-24-12-11-21(17-25(24)38(32,35)36)37-16-15-31-13-3-4-14-31/h1-2,5-12,17H,3-4,13-16,18,28H2,(H,29,33)(H,30,34). The maximum Gasteiger partial charge on any atom is 0.336 e. The Kier molecular flexibility index (Phi) is 7.59. The smallest absolute Gasteiger partial charge is 0.336 e. The summed E-state index contributed by atoms with van der Waals surface area (Å²) in [5.41, 5.74) is 8.07. The molecule has 0 unspecified atom stereocenters. The Hall–Kier alpha value is -3.54. The van der Waals surface area contributed by atoms with Crippen LogP contribution in [0.5, 0.6) is 0 Å². The predicted molar refractivity (Wildman–Crippen MR) is 150 cm³/mol. The number of anilines is 3. The number of carbonyl (C=O) groups is 2. The number of urea groups is 1. The molecule has 0 aromatic heterocycles. The molecule has 198 valence electrons. The fourth-order valence-electron chi connectivity index (χ4n) is 4.50. The number of hydrogen-bond donors (Lipinski definition) is 3. The molecule has 3 aromatic rings. The van der Waals surface area contributed by atoms with Crippen molar-refractivity contribution >= 4 is 50.8 Å². The molecule has 5 rings (SSSR count). The number of fused-ring (bicyclic) bond motifs is 1. The number of carbonyl (C=O) groups excluding carboxylic acids is 2. The van der Waals surface area contributed by atoms with Crippen molar-refractivity contribution in [2.75, 3.05) is 41.8 Å². The third kappa shape index (κ3) is 5.64. The average Bonchev–Trinajstić information content (AvgIpc) is 3.42. The van der Waals surface area contributed by atoms with Gasteiger partial charge >= 0.3 is 6.03 Å².